The van der Waals surface area contributed by atoms with Crippen LogP contribution in [0.1, 0.15) is 32.1 Å². The maximum absolute atomic E-state index is 4.21. The molecule has 0 aliphatic carbocycles. The molecule has 12 heavy (non-hydrogen) atoms. The summed E-state index contributed by atoms with van der Waals surface area (Å²) in [5.41, 5.74) is 0. The number of hydrogen-bond acceptors (Lipinski definition) is 2. The molecule has 0 saturated carbocycles. The Morgan fingerprint density at radius 2 is 2.33 bits per heavy atom. The molecule has 68 valence electrons. The molecule has 0 saturated heterocycles. The van der Waals surface area contributed by atoms with Gasteiger partial charge in [0.15, 0.2) is 0 Å². The highest BCUT2D eigenvalue weighted by atomic mass is 79.9. The Bertz CT molecular complexity index is 232. The first kappa shape index (κ1) is 9.71. The van der Waals surface area contributed by atoms with Gasteiger partial charge in [0.2, 0.25) is 0 Å². The van der Waals surface area contributed by atoms with E-state index < -0.39 is 0 Å². The van der Waals surface area contributed by atoms with Crippen LogP contribution in [0.2, 0.25) is 0 Å². The summed E-state index contributed by atoms with van der Waals surface area (Å²) in [6.07, 6.45) is 3.75. The molecule has 1 aromatic rings. The standard InChI is InChI=1S/C8H14BrN3/c1-7(2)12-8(4-3-5-9)10-6-11-12/h6-7H,3-5H2,1-2H3. The molecule has 1 heterocycles. The summed E-state index contributed by atoms with van der Waals surface area (Å²) in [5.74, 6) is 1.09. The number of aryl methyl sites for hydroxylation is 1. The van der Waals surface area contributed by atoms with E-state index in [1.807, 2.05) is 4.68 Å². The predicted octanol–water partition coefficient (Wildman–Crippen LogP) is 2.19. The summed E-state index contributed by atoms with van der Waals surface area (Å²) in [6.45, 7) is 4.23. The number of alkyl halides is 1. The number of nitrogens with zero attached hydrogens (tertiary/aromatic N) is 3. The number of hydrogen-bond donors (Lipinski definition) is 0. The van der Waals surface area contributed by atoms with Crippen LogP contribution in [0, 0.1) is 0 Å². The van der Waals surface area contributed by atoms with E-state index in [-0.39, 0.29) is 0 Å². The van der Waals surface area contributed by atoms with Gasteiger partial charge in [0.25, 0.3) is 0 Å². The molecule has 0 atom stereocenters. The lowest BCUT2D eigenvalue weighted by atomic mass is 10.3. The van der Waals surface area contributed by atoms with Crippen molar-refractivity contribution < 1.29 is 0 Å². The molecule has 0 spiro atoms. The van der Waals surface area contributed by atoms with Gasteiger partial charge in [-0.05, 0) is 20.3 Å². The van der Waals surface area contributed by atoms with Crippen molar-refractivity contribution in [3.05, 3.63) is 12.2 Å². The van der Waals surface area contributed by atoms with Crippen LogP contribution in [0.5, 0.6) is 0 Å². The van der Waals surface area contributed by atoms with Gasteiger partial charge in [0, 0.05) is 17.8 Å². The lowest BCUT2D eigenvalue weighted by Crippen LogP contribution is -2.08. The van der Waals surface area contributed by atoms with Crippen LogP contribution in [0.4, 0.5) is 0 Å². The highest BCUT2D eigenvalue weighted by Crippen LogP contribution is 2.07. The van der Waals surface area contributed by atoms with E-state index in [9.17, 15) is 0 Å². The lowest BCUT2D eigenvalue weighted by molar-refractivity contribution is 0.503. The molecule has 0 aromatic carbocycles. The van der Waals surface area contributed by atoms with E-state index in [0.29, 0.717) is 6.04 Å². The van der Waals surface area contributed by atoms with E-state index in [2.05, 4.69) is 39.9 Å². The van der Waals surface area contributed by atoms with Gasteiger partial charge in [0.05, 0.1) is 0 Å². The second kappa shape index (κ2) is 4.60. The zero-order valence-electron chi connectivity index (χ0n) is 7.50. The monoisotopic (exact) mass is 231 g/mol. The van der Waals surface area contributed by atoms with Crippen molar-refractivity contribution in [2.24, 2.45) is 0 Å². The van der Waals surface area contributed by atoms with Crippen molar-refractivity contribution >= 4 is 15.9 Å². The third-order valence-corrected chi connectivity index (χ3v) is 2.23. The molecule has 0 fully saturated rings. The van der Waals surface area contributed by atoms with Crippen molar-refractivity contribution in [2.45, 2.75) is 32.7 Å². The summed E-state index contributed by atoms with van der Waals surface area (Å²) in [6, 6.07) is 0.415. The van der Waals surface area contributed by atoms with E-state index in [1.165, 1.54) is 0 Å². The summed E-state index contributed by atoms with van der Waals surface area (Å²) in [5, 5.41) is 5.18. The maximum atomic E-state index is 4.21. The van der Waals surface area contributed by atoms with Gasteiger partial charge in [-0.1, -0.05) is 15.9 Å². The Kier molecular flexibility index (Phi) is 3.72. The fourth-order valence-electron chi connectivity index (χ4n) is 1.11. The molecule has 0 unspecified atom stereocenters. The molecule has 0 aliphatic heterocycles. The Balaban J connectivity index is 2.64. The molecular weight excluding hydrogens is 218 g/mol. The summed E-state index contributed by atoms with van der Waals surface area (Å²) in [7, 11) is 0. The van der Waals surface area contributed by atoms with Crippen LogP contribution in [0.15, 0.2) is 6.33 Å². The SMILES string of the molecule is CC(C)n1ncnc1CCCBr. The van der Waals surface area contributed by atoms with Crippen LogP contribution < -0.4 is 0 Å². The Morgan fingerprint density at radius 1 is 1.58 bits per heavy atom. The molecule has 0 radical (unpaired) electrons. The first-order chi connectivity index (χ1) is 5.75. The average Bonchev–Trinajstić information content (AvgIpc) is 2.48. The maximum Gasteiger partial charge on any atom is 0.138 e. The fraction of sp³-hybridized carbons (Fsp3) is 0.750. The third kappa shape index (κ3) is 2.30. The normalized spacial score (nSPS) is 11.0. The smallest absolute Gasteiger partial charge is 0.138 e. The van der Waals surface area contributed by atoms with Crippen molar-refractivity contribution in [3.8, 4) is 0 Å². The first-order valence-electron chi connectivity index (χ1n) is 4.20. The van der Waals surface area contributed by atoms with Gasteiger partial charge in [-0.15, -0.1) is 0 Å². The molecule has 1 rings (SSSR count). The van der Waals surface area contributed by atoms with E-state index in [4.69, 9.17) is 0 Å². The molecule has 1 aromatic heterocycles. The van der Waals surface area contributed by atoms with E-state index >= 15 is 0 Å². The van der Waals surface area contributed by atoms with Gasteiger partial charge in [0.1, 0.15) is 12.2 Å². The van der Waals surface area contributed by atoms with Crippen LogP contribution >= 0.6 is 15.9 Å². The molecule has 0 amide bonds. The molecule has 4 heteroatoms. The van der Waals surface area contributed by atoms with Crippen LogP contribution in [0.25, 0.3) is 0 Å². The quantitative estimate of drug-likeness (QED) is 0.745. The molecule has 0 bridgehead atoms. The van der Waals surface area contributed by atoms with Gasteiger partial charge in [-0.2, -0.15) is 5.10 Å². The zero-order chi connectivity index (χ0) is 8.97. The van der Waals surface area contributed by atoms with Crippen molar-refractivity contribution in [2.75, 3.05) is 5.33 Å². The summed E-state index contributed by atoms with van der Waals surface area (Å²) >= 11 is 3.40. The largest absolute Gasteiger partial charge is 0.248 e. The van der Waals surface area contributed by atoms with Gasteiger partial charge in [-0.25, -0.2) is 9.67 Å². The molecular formula is C8H14BrN3. The van der Waals surface area contributed by atoms with Crippen LogP contribution in [0.3, 0.4) is 0 Å². The first-order valence-corrected chi connectivity index (χ1v) is 5.32. The third-order valence-electron chi connectivity index (χ3n) is 1.67. The van der Waals surface area contributed by atoms with E-state index in [0.717, 1.165) is 24.0 Å². The Hall–Kier alpha value is -0.380. The minimum absolute atomic E-state index is 0.415. The minimum Gasteiger partial charge on any atom is -0.248 e. The van der Waals surface area contributed by atoms with Gasteiger partial charge >= 0.3 is 0 Å². The highest BCUT2D eigenvalue weighted by Gasteiger charge is 2.05. The van der Waals surface area contributed by atoms with Crippen molar-refractivity contribution in [1.29, 1.82) is 0 Å². The Morgan fingerprint density at radius 3 is 2.92 bits per heavy atom. The zero-order valence-corrected chi connectivity index (χ0v) is 9.08. The molecule has 3 nitrogen and oxygen atoms in total. The van der Waals surface area contributed by atoms with Crippen molar-refractivity contribution in [1.82, 2.24) is 14.8 Å². The van der Waals surface area contributed by atoms with Crippen LogP contribution in [-0.4, -0.2) is 20.1 Å². The van der Waals surface area contributed by atoms with Crippen molar-refractivity contribution in [3.63, 3.8) is 0 Å². The van der Waals surface area contributed by atoms with Gasteiger partial charge in [-0.3, -0.25) is 0 Å². The van der Waals surface area contributed by atoms with Gasteiger partial charge < -0.3 is 0 Å². The Labute approximate surface area is 81.3 Å². The van der Waals surface area contributed by atoms with E-state index in [1.54, 1.807) is 6.33 Å². The summed E-state index contributed by atoms with van der Waals surface area (Å²) < 4.78 is 1.97. The van der Waals surface area contributed by atoms with Crippen LogP contribution in [-0.2, 0) is 6.42 Å². The molecule has 0 N–H and O–H groups in total. The predicted molar refractivity (Wildman–Crippen MR) is 52.5 cm³/mol. The number of aromatic nitrogens is 3. The highest BCUT2D eigenvalue weighted by molar-refractivity contribution is 9.09. The fourth-order valence-corrected chi connectivity index (χ4v) is 1.39. The number of rotatable bonds is 4. The average molecular weight is 232 g/mol. The molecule has 0 aliphatic rings. The lowest BCUT2D eigenvalue weighted by Gasteiger charge is -2.07. The second-order valence-electron chi connectivity index (χ2n) is 3.01. The minimum atomic E-state index is 0.415. The summed E-state index contributed by atoms with van der Waals surface area (Å²) in [4.78, 5) is 4.21. The second-order valence-corrected chi connectivity index (χ2v) is 3.80. The number of halogens is 1. The topological polar surface area (TPSA) is 30.7 Å².